The number of nitrogens with zero attached hydrogens (tertiary/aromatic N) is 1. The van der Waals surface area contributed by atoms with Gasteiger partial charge < -0.3 is 4.74 Å². The second kappa shape index (κ2) is 5.79. The summed E-state index contributed by atoms with van der Waals surface area (Å²) in [6.45, 7) is 5.28. The number of aromatic nitrogens is 1. The molecule has 0 bridgehead atoms. The van der Waals surface area contributed by atoms with Crippen molar-refractivity contribution in [2.75, 3.05) is 6.61 Å². The zero-order chi connectivity index (χ0) is 11.3. The fourth-order valence-corrected chi connectivity index (χ4v) is 1.64. The minimum absolute atomic E-state index is 0.362. The van der Waals surface area contributed by atoms with Crippen LogP contribution in [-0.4, -0.2) is 17.5 Å². The minimum atomic E-state index is -0.366. The Morgan fingerprint density at radius 3 is 3.07 bits per heavy atom. The van der Waals surface area contributed by atoms with E-state index < -0.39 is 0 Å². The molecule has 3 N–H and O–H groups in total. The van der Waals surface area contributed by atoms with Gasteiger partial charge in [-0.1, -0.05) is 13.8 Å². The lowest BCUT2D eigenvalue weighted by Crippen LogP contribution is -2.29. The second-order valence-electron chi connectivity index (χ2n) is 3.53. The number of hydrogen-bond acceptors (Lipinski definition) is 5. The van der Waals surface area contributed by atoms with Gasteiger partial charge in [0.2, 0.25) is 0 Å². The zero-order valence-corrected chi connectivity index (χ0v) is 9.63. The van der Waals surface area contributed by atoms with Crippen LogP contribution in [0.5, 0.6) is 0 Å². The first-order chi connectivity index (χ1) is 7.13. The molecule has 0 aliphatic rings. The Balaban J connectivity index is 2.43. The first-order valence-corrected chi connectivity index (χ1v) is 5.54. The summed E-state index contributed by atoms with van der Waals surface area (Å²) in [5, 5.41) is 2.16. The van der Waals surface area contributed by atoms with Crippen molar-refractivity contribution in [2.45, 2.75) is 20.5 Å². The lowest BCUT2D eigenvalue weighted by Gasteiger charge is -2.04. The highest BCUT2D eigenvalue weighted by molar-refractivity contribution is 7.11. The third kappa shape index (κ3) is 3.94. The molecule has 0 atom stereocenters. The van der Waals surface area contributed by atoms with E-state index in [0.717, 1.165) is 5.69 Å². The van der Waals surface area contributed by atoms with Gasteiger partial charge in [0.05, 0.1) is 12.3 Å². The number of thiazole rings is 1. The van der Waals surface area contributed by atoms with Crippen LogP contribution in [0.3, 0.4) is 0 Å². The fraction of sp³-hybridized carbons (Fsp3) is 0.556. The normalized spacial score (nSPS) is 10.7. The number of hydrazine groups is 1. The average Bonchev–Trinajstić information content (AvgIpc) is 2.65. The third-order valence-corrected chi connectivity index (χ3v) is 2.47. The van der Waals surface area contributed by atoms with Gasteiger partial charge in [-0.15, -0.1) is 11.3 Å². The summed E-state index contributed by atoms with van der Waals surface area (Å²) in [5.41, 5.74) is 2.80. The van der Waals surface area contributed by atoms with Crippen LogP contribution in [0.1, 0.15) is 29.3 Å². The molecule has 1 aromatic rings. The molecule has 0 saturated carbocycles. The highest BCUT2D eigenvalue weighted by Crippen LogP contribution is 2.10. The molecule has 15 heavy (non-hydrogen) atoms. The van der Waals surface area contributed by atoms with E-state index in [-0.39, 0.29) is 5.91 Å². The van der Waals surface area contributed by atoms with Crippen molar-refractivity contribution in [2.24, 2.45) is 11.8 Å². The lowest BCUT2D eigenvalue weighted by molar-refractivity contribution is 0.0931. The Labute approximate surface area is 92.6 Å². The number of carbonyl (C=O) groups is 1. The number of hydrogen-bond donors (Lipinski definition) is 2. The highest BCUT2D eigenvalue weighted by Gasteiger charge is 2.09. The van der Waals surface area contributed by atoms with Gasteiger partial charge in [0.1, 0.15) is 0 Å². The molecule has 5 nitrogen and oxygen atoms in total. The smallest absolute Gasteiger partial charge is 0.294 e. The third-order valence-electron chi connectivity index (χ3n) is 1.58. The molecule has 1 rings (SSSR count). The molecule has 0 aliphatic carbocycles. The summed E-state index contributed by atoms with van der Waals surface area (Å²) in [6.07, 6.45) is 0. The van der Waals surface area contributed by atoms with Crippen molar-refractivity contribution in [3.63, 3.8) is 0 Å². The molecule has 0 radical (unpaired) electrons. The quantitative estimate of drug-likeness (QED) is 0.447. The van der Waals surface area contributed by atoms with Gasteiger partial charge in [-0.2, -0.15) is 0 Å². The Morgan fingerprint density at radius 1 is 1.73 bits per heavy atom. The Kier molecular flexibility index (Phi) is 4.67. The number of ether oxygens (including phenoxy) is 1. The summed E-state index contributed by atoms with van der Waals surface area (Å²) in [6, 6.07) is 0. The molecule has 0 aromatic carbocycles. The number of nitrogens with two attached hydrogens (primary N) is 1. The summed E-state index contributed by atoms with van der Waals surface area (Å²) < 4.78 is 5.39. The number of rotatable bonds is 5. The predicted molar refractivity (Wildman–Crippen MR) is 58.3 cm³/mol. The summed E-state index contributed by atoms with van der Waals surface area (Å²) in [7, 11) is 0. The largest absolute Gasteiger partial charge is 0.375 e. The van der Waals surface area contributed by atoms with Crippen LogP contribution >= 0.6 is 11.3 Å². The van der Waals surface area contributed by atoms with E-state index in [9.17, 15) is 4.79 Å². The van der Waals surface area contributed by atoms with Crippen molar-refractivity contribution in [1.29, 1.82) is 0 Å². The van der Waals surface area contributed by atoms with Crippen molar-refractivity contribution >= 4 is 17.2 Å². The molecule has 1 aromatic heterocycles. The number of nitrogen functional groups attached to an aromatic ring is 1. The van der Waals surface area contributed by atoms with Gasteiger partial charge in [0.25, 0.3) is 5.91 Å². The van der Waals surface area contributed by atoms with Gasteiger partial charge in [0.15, 0.2) is 5.01 Å². The van der Waals surface area contributed by atoms with Crippen molar-refractivity contribution in [3.8, 4) is 0 Å². The monoisotopic (exact) mass is 229 g/mol. The van der Waals surface area contributed by atoms with Gasteiger partial charge in [-0.05, 0) is 5.92 Å². The van der Waals surface area contributed by atoms with E-state index in [0.29, 0.717) is 24.1 Å². The number of carbonyl (C=O) groups excluding carboxylic acids is 1. The Bertz CT molecular complexity index is 325. The first-order valence-electron chi connectivity index (χ1n) is 4.66. The maximum atomic E-state index is 11.1. The highest BCUT2D eigenvalue weighted by atomic mass is 32.1. The Morgan fingerprint density at radius 2 is 2.47 bits per heavy atom. The van der Waals surface area contributed by atoms with Crippen LogP contribution in [0.25, 0.3) is 0 Å². The molecule has 0 unspecified atom stereocenters. The molecular formula is C9H15N3O2S. The molecular weight excluding hydrogens is 214 g/mol. The maximum absolute atomic E-state index is 11.1. The lowest BCUT2D eigenvalue weighted by atomic mass is 10.2. The SMILES string of the molecule is CC(C)COCc1csc(C(=O)NN)n1. The van der Waals surface area contributed by atoms with Gasteiger partial charge >= 0.3 is 0 Å². The van der Waals surface area contributed by atoms with Crippen LogP contribution in [0.4, 0.5) is 0 Å². The molecule has 0 fully saturated rings. The summed E-state index contributed by atoms with van der Waals surface area (Å²) >= 11 is 1.26. The molecule has 84 valence electrons. The topological polar surface area (TPSA) is 77.2 Å². The van der Waals surface area contributed by atoms with Crippen molar-refractivity contribution < 1.29 is 9.53 Å². The number of amides is 1. The van der Waals surface area contributed by atoms with Gasteiger partial charge in [-0.3, -0.25) is 10.2 Å². The fourth-order valence-electron chi connectivity index (χ4n) is 0.938. The summed E-state index contributed by atoms with van der Waals surface area (Å²) in [4.78, 5) is 15.2. The molecule has 0 saturated heterocycles. The van der Waals surface area contributed by atoms with Gasteiger partial charge in [-0.25, -0.2) is 10.8 Å². The second-order valence-corrected chi connectivity index (χ2v) is 4.38. The first kappa shape index (κ1) is 12.1. The van der Waals surface area contributed by atoms with Crippen molar-refractivity contribution in [1.82, 2.24) is 10.4 Å². The molecule has 6 heteroatoms. The van der Waals surface area contributed by atoms with Crippen LogP contribution < -0.4 is 11.3 Å². The van der Waals surface area contributed by atoms with Crippen LogP contribution in [-0.2, 0) is 11.3 Å². The van der Waals surface area contributed by atoms with E-state index in [1.165, 1.54) is 11.3 Å². The van der Waals surface area contributed by atoms with Crippen molar-refractivity contribution in [3.05, 3.63) is 16.1 Å². The minimum Gasteiger partial charge on any atom is -0.375 e. The summed E-state index contributed by atoms with van der Waals surface area (Å²) in [5.74, 6) is 5.12. The van der Waals surface area contributed by atoms with Crippen LogP contribution in [0.15, 0.2) is 5.38 Å². The molecule has 1 heterocycles. The van der Waals surface area contributed by atoms with Gasteiger partial charge in [0, 0.05) is 12.0 Å². The molecule has 0 aliphatic heterocycles. The predicted octanol–water partition coefficient (Wildman–Crippen LogP) is 0.919. The Hall–Kier alpha value is -0.980. The van der Waals surface area contributed by atoms with E-state index in [1.54, 1.807) is 5.38 Å². The van der Waals surface area contributed by atoms with E-state index >= 15 is 0 Å². The zero-order valence-electron chi connectivity index (χ0n) is 8.82. The average molecular weight is 229 g/mol. The number of nitrogens with one attached hydrogen (secondary N) is 1. The van der Waals surface area contributed by atoms with E-state index in [1.807, 2.05) is 5.43 Å². The van der Waals surface area contributed by atoms with Crippen LogP contribution in [0, 0.1) is 5.92 Å². The standard InChI is InChI=1S/C9H15N3O2S/c1-6(2)3-14-4-7-5-15-9(11-7)8(13)12-10/h5-6H,3-4,10H2,1-2H3,(H,12,13). The van der Waals surface area contributed by atoms with Crippen LogP contribution in [0.2, 0.25) is 0 Å². The molecule has 0 spiro atoms. The van der Waals surface area contributed by atoms with E-state index in [2.05, 4.69) is 18.8 Å². The maximum Gasteiger partial charge on any atom is 0.294 e. The molecule has 1 amide bonds. The van der Waals surface area contributed by atoms with E-state index in [4.69, 9.17) is 10.6 Å².